The van der Waals surface area contributed by atoms with Gasteiger partial charge in [-0.1, -0.05) is 24.6 Å². The fraction of sp³-hybridized carbons (Fsp3) is 0.214. The molecule has 5 heteroatoms. The van der Waals surface area contributed by atoms with Gasteiger partial charge in [-0.3, -0.25) is 4.79 Å². The SMILES string of the molecule is CCc1ncc(C(=O)Nc2cccc(Cl)c2)c(C)n1. The molecule has 0 atom stereocenters. The molecule has 0 fully saturated rings. The first-order valence-corrected chi connectivity index (χ1v) is 6.37. The summed E-state index contributed by atoms with van der Waals surface area (Å²) in [6.45, 7) is 3.77. The van der Waals surface area contributed by atoms with Crippen molar-refractivity contribution in [3.8, 4) is 0 Å². The third-order valence-electron chi connectivity index (χ3n) is 2.67. The number of rotatable bonds is 3. The number of hydrogen-bond donors (Lipinski definition) is 1. The zero-order valence-electron chi connectivity index (χ0n) is 10.8. The minimum atomic E-state index is -0.234. The van der Waals surface area contributed by atoms with Gasteiger partial charge in [0.1, 0.15) is 5.82 Å². The molecule has 1 aromatic heterocycles. The third-order valence-corrected chi connectivity index (χ3v) is 2.91. The van der Waals surface area contributed by atoms with Gasteiger partial charge in [0.05, 0.1) is 11.3 Å². The minimum absolute atomic E-state index is 0.234. The first-order chi connectivity index (χ1) is 9.10. The number of hydrogen-bond acceptors (Lipinski definition) is 3. The summed E-state index contributed by atoms with van der Waals surface area (Å²) < 4.78 is 0. The Morgan fingerprint density at radius 1 is 1.42 bits per heavy atom. The van der Waals surface area contributed by atoms with Crippen molar-refractivity contribution in [1.29, 1.82) is 0 Å². The number of halogens is 1. The molecule has 1 aromatic carbocycles. The second kappa shape index (κ2) is 5.80. The lowest BCUT2D eigenvalue weighted by molar-refractivity contribution is 0.102. The summed E-state index contributed by atoms with van der Waals surface area (Å²) in [5.74, 6) is 0.499. The van der Waals surface area contributed by atoms with Crippen LogP contribution in [0.1, 0.15) is 28.8 Å². The van der Waals surface area contributed by atoms with Crippen LogP contribution >= 0.6 is 11.6 Å². The Bertz CT molecular complexity index is 613. The summed E-state index contributed by atoms with van der Waals surface area (Å²) in [5.41, 5.74) is 1.79. The summed E-state index contributed by atoms with van der Waals surface area (Å²) in [4.78, 5) is 20.5. The zero-order valence-corrected chi connectivity index (χ0v) is 11.5. The second-order valence-corrected chi connectivity index (χ2v) is 4.54. The highest BCUT2D eigenvalue weighted by Crippen LogP contribution is 2.16. The lowest BCUT2D eigenvalue weighted by atomic mass is 10.2. The number of nitrogens with zero attached hydrogens (tertiary/aromatic N) is 2. The summed E-state index contributed by atoms with van der Waals surface area (Å²) >= 11 is 5.87. The van der Waals surface area contributed by atoms with Crippen LogP contribution in [0.25, 0.3) is 0 Å². The van der Waals surface area contributed by atoms with Crippen LogP contribution in [0.15, 0.2) is 30.5 Å². The van der Waals surface area contributed by atoms with Crippen molar-refractivity contribution in [3.63, 3.8) is 0 Å². The van der Waals surface area contributed by atoms with E-state index in [0.717, 1.165) is 12.2 Å². The molecule has 1 heterocycles. The molecule has 2 aromatic rings. The molecule has 98 valence electrons. The maximum Gasteiger partial charge on any atom is 0.259 e. The maximum atomic E-state index is 12.1. The highest BCUT2D eigenvalue weighted by molar-refractivity contribution is 6.30. The van der Waals surface area contributed by atoms with Gasteiger partial charge in [0.15, 0.2) is 0 Å². The second-order valence-electron chi connectivity index (χ2n) is 4.10. The number of benzene rings is 1. The van der Waals surface area contributed by atoms with Gasteiger partial charge in [0.2, 0.25) is 0 Å². The minimum Gasteiger partial charge on any atom is -0.322 e. The molecule has 0 spiro atoms. The average molecular weight is 276 g/mol. The molecule has 0 aliphatic heterocycles. The molecular formula is C14H14ClN3O. The summed E-state index contributed by atoms with van der Waals surface area (Å²) in [5, 5.41) is 3.35. The quantitative estimate of drug-likeness (QED) is 0.935. The molecule has 4 nitrogen and oxygen atoms in total. The molecule has 0 bridgehead atoms. The summed E-state index contributed by atoms with van der Waals surface area (Å²) in [6.07, 6.45) is 2.30. The van der Waals surface area contributed by atoms with Crippen molar-refractivity contribution >= 4 is 23.2 Å². The van der Waals surface area contributed by atoms with Gasteiger partial charge >= 0.3 is 0 Å². The molecule has 0 aliphatic rings. The van der Waals surface area contributed by atoms with Gasteiger partial charge in [-0.05, 0) is 25.1 Å². The predicted molar refractivity (Wildman–Crippen MR) is 75.6 cm³/mol. The van der Waals surface area contributed by atoms with E-state index in [0.29, 0.717) is 22.0 Å². The Hall–Kier alpha value is -1.94. The van der Waals surface area contributed by atoms with Crippen molar-refractivity contribution in [2.45, 2.75) is 20.3 Å². The highest BCUT2D eigenvalue weighted by atomic mass is 35.5. The lowest BCUT2D eigenvalue weighted by Crippen LogP contribution is -2.15. The first-order valence-electron chi connectivity index (χ1n) is 5.99. The number of carbonyl (C=O) groups excluding carboxylic acids is 1. The van der Waals surface area contributed by atoms with Crippen LogP contribution in [-0.4, -0.2) is 15.9 Å². The molecule has 1 amide bonds. The van der Waals surface area contributed by atoms with Crippen molar-refractivity contribution in [1.82, 2.24) is 9.97 Å². The average Bonchev–Trinajstić information content (AvgIpc) is 2.38. The molecule has 0 saturated carbocycles. The van der Waals surface area contributed by atoms with E-state index >= 15 is 0 Å². The number of carbonyl (C=O) groups is 1. The molecule has 0 aliphatic carbocycles. The Morgan fingerprint density at radius 3 is 2.84 bits per heavy atom. The van der Waals surface area contributed by atoms with E-state index in [4.69, 9.17) is 11.6 Å². The van der Waals surface area contributed by atoms with Gasteiger partial charge in [0, 0.05) is 23.3 Å². The Morgan fingerprint density at radius 2 is 2.21 bits per heavy atom. The summed E-state index contributed by atoms with van der Waals surface area (Å²) in [7, 11) is 0. The largest absolute Gasteiger partial charge is 0.322 e. The van der Waals surface area contributed by atoms with E-state index in [1.807, 2.05) is 6.92 Å². The molecule has 19 heavy (non-hydrogen) atoms. The monoisotopic (exact) mass is 275 g/mol. The Labute approximate surface area is 116 Å². The van der Waals surface area contributed by atoms with Crippen molar-refractivity contribution in [2.75, 3.05) is 5.32 Å². The smallest absolute Gasteiger partial charge is 0.259 e. The number of anilines is 1. The van der Waals surface area contributed by atoms with Crippen molar-refractivity contribution in [2.24, 2.45) is 0 Å². The molecular weight excluding hydrogens is 262 g/mol. The van der Waals surface area contributed by atoms with Gasteiger partial charge in [-0.15, -0.1) is 0 Å². The van der Waals surface area contributed by atoms with Gasteiger partial charge in [-0.25, -0.2) is 9.97 Å². The van der Waals surface area contributed by atoms with Gasteiger partial charge in [-0.2, -0.15) is 0 Å². The van der Waals surface area contributed by atoms with Crippen LogP contribution in [0.5, 0.6) is 0 Å². The van der Waals surface area contributed by atoms with Crippen molar-refractivity contribution in [3.05, 3.63) is 52.6 Å². The van der Waals surface area contributed by atoms with E-state index in [-0.39, 0.29) is 5.91 Å². The van der Waals surface area contributed by atoms with Crippen molar-refractivity contribution < 1.29 is 4.79 Å². The number of nitrogens with one attached hydrogen (secondary N) is 1. The maximum absolute atomic E-state index is 12.1. The molecule has 0 unspecified atom stereocenters. The van der Waals surface area contributed by atoms with E-state index in [1.165, 1.54) is 0 Å². The topological polar surface area (TPSA) is 54.9 Å². The molecule has 0 radical (unpaired) electrons. The fourth-order valence-electron chi connectivity index (χ4n) is 1.67. The predicted octanol–water partition coefficient (Wildman–Crippen LogP) is 3.25. The van der Waals surface area contributed by atoms with Gasteiger partial charge < -0.3 is 5.32 Å². The van der Waals surface area contributed by atoms with Gasteiger partial charge in [0.25, 0.3) is 5.91 Å². The number of amides is 1. The Kier molecular flexibility index (Phi) is 4.12. The van der Waals surface area contributed by atoms with Crippen LogP contribution in [0.3, 0.4) is 0 Å². The van der Waals surface area contributed by atoms with Crippen LogP contribution < -0.4 is 5.32 Å². The normalized spacial score (nSPS) is 10.3. The molecule has 2 rings (SSSR count). The van der Waals surface area contributed by atoms with Crippen LogP contribution in [-0.2, 0) is 6.42 Å². The Balaban J connectivity index is 2.20. The van der Waals surface area contributed by atoms with E-state index in [1.54, 1.807) is 37.4 Å². The number of aromatic nitrogens is 2. The van der Waals surface area contributed by atoms with Crippen LogP contribution in [0.4, 0.5) is 5.69 Å². The lowest BCUT2D eigenvalue weighted by Gasteiger charge is -2.08. The van der Waals surface area contributed by atoms with Crippen LogP contribution in [0, 0.1) is 6.92 Å². The fourth-order valence-corrected chi connectivity index (χ4v) is 1.86. The van der Waals surface area contributed by atoms with Crippen LogP contribution in [0.2, 0.25) is 5.02 Å². The number of aryl methyl sites for hydroxylation is 2. The highest BCUT2D eigenvalue weighted by Gasteiger charge is 2.11. The third kappa shape index (κ3) is 3.29. The summed E-state index contributed by atoms with van der Waals surface area (Å²) in [6, 6.07) is 7.00. The molecule has 0 saturated heterocycles. The van der Waals surface area contributed by atoms with E-state index in [2.05, 4.69) is 15.3 Å². The van der Waals surface area contributed by atoms with E-state index < -0.39 is 0 Å². The van der Waals surface area contributed by atoms with E-state index in [9.17, 15) is 4.79 Å². The first kappa shape index (κ1) is 13.5. The standard InChI is InChI=1S/C14H14ClN3O/c1-3-13-16-8-12(9(2)17-13)14(19)18-11-6-4-5-10(15)7-11/h4-8H,3H2,1-2H3,(H,18,19). The zero-order chi connectivity index (χ0) is 13.8. The molecule has 1 N–H and O–H groups in total.